The third kappa shape index (κ3) is 3.44. The van der Waals surface area contributed by atoms with Gasteiger partial charge in [-0.3, -0.25) is 0 Å². The van der Waals surface area contributed by atoms with Crippen LogP contribution in [0.5, 0.6) is 0 Å². The molecule has 0 saturated heterocycles. The average Bonchev–Trinajstić information content (AvgIpc) is 2.38. The van der Waals surface area contributed by atoms with E-state index in [1.165, 1.54) is 6.07 Å². The van der Waals surface area contributed by atoms with Gasteiger partial charge in [0.05, 0.1) is 11.4 Å². The Hall–Kier alpha value is -2.10. The first-order valence-corrected chi connectivity index (χ1v) is 6.10. The second kappa shape index (κ2) is 5.69. The van der Waals surface area contributed by atoms with Crippen LogP contribution in [0.3, 0.4) is 0 Å². The molecule has 19 heavy (non-hydrogen) atoms. The van der Waals surface area contributed by atoms with Crippen LogP contribution in [0.2, 0.25) is 0 Å². The second-order valence-electron chi connectivity index (χ2n) is 4.52. The molecule has 0 fully saturated rings. The molecule has 0 amide bonds. The van der Waals surface area contributed by atoms with Crippen molar-refractivity contribution in [2.45, 2.75) is 13.3 Å². The van der Waals surface area contributed by atoms with Crippen LogP contribution in [0.25, 0.3) is 0 Å². The fourth-order valence-corrected chi connectivity index (χ4v) is 1.86. The van der Waals surface area contributed by atoms with Gasteiger partial charge < -0.3 is 11.1 Å². The maximum atomic E-state index is 13.0. The summed E-state index contributed by atoms with van der Waals surface area (Å²) in [5, 5.41) is 3.20. The van der Waals surface area contributed by atoms with Gasteiger partial charge in [-0.15, -0.1) is 0 Å². The van der Waals surface area contributed by atoms with Gasteiger partial charge in [-0.2, -0.15) is 0 Å². The minimum atomic E-state index is -0.820. The van der Waals surface area contributed by atoms with Gasteiger partial charge >= 0.3 is 0 Å². The summed E-state index contributed by atoms with van der Waals surface area (Å²) in [4.78, 5) is 0. The van der Waals surface area contributed by atoms with E-state index >= 15 is 0 Å². The van der Waals surface area contributed by atoms with Gasteiger partial charge in [0, 0.05) is 6.54 Å². The van der Waals surface area contributed by atoms with E-state index in [4.69, 9.17) is 5.73 Å². The predicted molar refractivity (Wildman–Crippen MR) is 74.1 cm³/mol. The number of rotatable bonds is 4. The molecule has 0 radical (unpaired) electrons. The van der Waals surface area contributed by atoms with Gasteiger partial charge in [-0.1, -0.05) is 12.1 Å². The third-order valence-electron chi connectivity index (χ3n) is 2.92. The molecule has 100 valence electrons. The fraction of sp³-hybridized carbons (Fsp3) is 0.200. The molecule has 3 N–H and O–H groups in total. The van der Waals surface area contributed by atoms with Crippen LogP contribution in [0.4, 0.5) is 20.2 Å². The van der Waals surface area contributed by atoms with Crippen molar-refractivity contribution in [3.63, 3.8) is 0 Å². The van der Waals surface area contributed by atoms with Crippen molar-refractivity contribution in [1.29, 1.82) is 0 Å². The number of nitrogens with one attached hydrogen (secondary N) is 1. The summed E-state index contributed by atoms with van der Waals surface area (Å²) >= 11 is 0. The number of halogens is 2. The van der Waals surface area contributed by atoms with Crippen LogP contribution in [0, 0.1) is 18.6 Å². The zero-order valence-corrected chi connectivity index (χ0v) is 10.7. The second-order valence-corrected chi connectivity index (χ2v) is 4.52. The van der Waals surface area contributed by atoms with Crippen molar-refractivity contribution < 1.29 is 8.78 Å². The number of hydrogen-bond donors (Lipinski definition) is 2. The minimum Gasteiger partial charge on any atom is -0.397 e. The highest BCUT2D eigenvalue weighted by atomic mass is 19.2. The summed E-state index contributed by atoms with van der Waals surface area (Å²) in [5.74, 6) is -1.63. The average molecular weight is 262 g/mol. The molecule has 0 aliphatic carbocycles. The molecule has 0 spiro atoms. The van der Waals surface area contributed by atoms with E-state index in [1.54, 1.807) is 6.07 Å². The van der Waals surface area contributed by atoms with Crippen molar-refractivity contribution in [2.75, 3.05) is 17.6 Å². The van der Waals surface area contributed by atoms with Crippen molar-refractivity contribution in [1.82, 2.24) is 0 Å². The molecule has 2 aromatic carbocycles. The molecule has 2 nitrogen and oxygen atoms in total. The number of hydrogen-bond acceptors (Lipinski definition) is 2. The van der Waals surface area contributed by atoms with Crippen LogP contribution in [0.15, 0.2) is 36.4 Å². The zero-order chi connectivity index (χ0) is 13.8. The van der Waals surface area contributed by atoms with E-state index in [1.807, 2.05) is 25.1 Å². The number of benzene rings is 2. The summed E-state index contributed by atoms with van der Waals surface area (Å²) in [5.41, 5.74) is 9.24. The van der Waals surface area contributed by atoms with Crippen molar-refractivity contribution >= 4 is 11.4 Å². The van der Waals surface area contributed by atoms with E-state index in [2.05, 4.69) is 5.32 Å². The Balaban J connectivity index is 1.96. The fourth-order valence-electron chi connectivity index (χ4n) is 1.86. The Morgan fingerprint density at radius 3 is 2.58 bits per heavy atom. The van der Waals surface area contributed by atoms with Gasteiger partial charge in [-0.25, -0.2) is 8.78 Å². The topological polar surface area (TPSA) is 38.0 Å². The van der Waals surface area contributed by atoms with Crippen molar-refractivity contribution in [3.8, 4) is 0 Å². The molecule has 4 heteroatoms. The van der Waals surface area contributed by atoms with E-state index in [9.17, 15) is 8.78 Å². The highest BCUT2D eigenvalue weighted by Crippen LogP contribution is 2.19. The van der Waals surface area contributed by atoms with E-state index in [-0.39, 0.29) is 0 Å². The summed E-state index contributed by atoms with van der Waals surface area (Å²) in [7, 11) is 0. The summed E-state index contributed by atoms with van der Waals surface area (Å²) in [6.07, 6.45) is 0.602. The summed E-state index contributed by atoms with van der Waals surface area (Å²) in [6, 6.07) is 9.69. The smallest absolute Gasteiger partial charge is 0.159 e. The first-order chi connectivity index (χ1) is 9.06. The Labute approximate surface area is 111 Å². The van der Waals surface area contributed by atoms with E-state index in [0.29, 0.717) is 18.7 Å². The lowest BCUT2D eigenvalue weighted by atomic mass is 10.1. The number of nitrogen functional groups attached to an aromatic ring is 1. The SMILES string of the molecule is Cc1ccc(N)c(NCCc2ccc(F)c(F)c2)c1. The van der Waals surface area contributed by atoms with E-state index in [0.717, 1.165) is 22.9 Å². The molecule has 0 unspecified atom stereocenters. The number of aryl methyl sites for hydroxylation is 1. The first-order valence-electron chi connectivity index (χ1n) is 6.10. The van der Waals surface area contributed by atoms with Crippen LogP contribution < -0.4 is 11.1 Å². The maximum Gasteiger partial charge on any atom is 0.159 e. The van der Waals surface area contributed by atoms with Crippen LogP contribution in [-0.2, 0) is 6.42 Å². The molecule has 0 aliphatic heterocycles. The number of nitrogens with two attached hydrogens (primary N) is 1. The molecule has 0 heterocycles. The van der Waals surface area contributed by atoms with Gasteiger partial charge in [0.15, 0.2) is 11.6 Å². The predicted octanol–water partition coefficient (Wildman–Crippen LogP) is 3.51. The molecule has 0 atom stereocenters. The molecular formula is C15H16F2N2. The standard InChI is InChI=1S/C15H16F2N2/c1-10-2-5-14(18)15(8-10)19-7-6-11-3-4-12(16)13(17)9-11/h2-5,8-9,19H,6-7,18H2,1H3. The molecule has 0 aromatic heterocycles. The quantitative estimate of drug-likeness (QED) is 0.827. The van der Waals surface area contributed by atoms with Gasteiger partial charge in [0.1, 0.15) is 0 Å². The highest BCUT2D eigenvalue weighted by Gasteiger charge is 2.03. The maximum absolute atomic E-state index is 13.0. The van der Waals surface area contributed by atoms with Crippen molar-refractivity contribution in [2.24, 2.45) is 0 Å². The van der Waals surface area contributed by atoms with Gasteiger partial charge in [-0.05, 0) is 48.7 Å². The normalized spacial score (nSPS) is 10.5. The highest BCUT2D eigenvalue weighted by molar-refractivity contribution is 5.66. The minimum absolute atomic E-state index is 0.602. The van der Waals surface area contributed by atoms with Crippen LogP contribution >= 0.6 is 0 Å². The van der Waals surface area contributed by atoms with Crippen LogP contribution in [0.1, 0.15) is 11.1 Å². The van der Waals surface area contributed by atoms with E-state index < -0.39 is 11.6 Å². The molecule has 2 rings (SSSR count). The Bertz CT molecular complexity index is 582. The number of anilines is 2. The lowest BCUT2D eigenvalue weighted by Crippen LogP contribution is -2.07. The molecular weight excluding hydrogens is 246 g/mol. The molecule has 2 aromatic rings. The third-order valence-corrected chi connectivity index (χ3v) is 2.92. The van der Waals surface area contributed by atoms with Crippen LogP contribution in [-0.4, -0.2) is 6.54 Å². The Kier molecular flexibility index (Phi) is 4.00. The summed E-state index contributed by atoms with van der Waals surface area (Å²) < 4.78 is 25.8. The summed E-state index contributed by atoms with van der Waals surface area (Å²) in [6.45, 7) is 2.60. The van der Waals surface area contributed by atoms with Gasteiger partial charge in [0.25, 0.3) is 0 Å². The van der Waals surface area contributed by atoms with Crippen molar-refractivity contribution in [3.05, 3.63) is 59.2 Å². The largest absolute Gasteiger partial charge is 0.397 e. The first kappa shape index (κ1) is 13.3. The molecule has 0 aliphatic rings. The molecule has 0 saturated carbocycles. The lowest BCUT2D eigenvalue weighted by Gasteiger charge is -2.10. The zero-order valence-electron chi connectivity index (χ0n) is 10.7. The monoisotopic (exact) mass is 262 g/mol. The lowest BCUT2D eigenvalue weighted by molar-refractivity contribution is 0.507. The van der Waals surface area contributed by atoms with Gasteiger partial charge in [0.2, 0.25) is 0 Å². The molecule has 0 bridgehead atoms. The Morgan fingerprint density at radius 2 is 1.84 bits per heavy atom. The Morgan fingerprint density at radius 1 is 1.05 bits per heavy atom.